The van der Waals surface area contributed by atoms with Crippen LogP contribution < -0.4 is 14.4 Å². The van der Waals surface area contributed by atoms with E-state index >= 15 is 0 Å². The summed E-state index contributed by atoms with van der Waals surface area (Å²) in [6.07, 6.45) is 0.488. The Morgan fingerprint density at radius 3 is 2.20 bits per heavy atom. The Kier molecular flexibility index (Phi) is 10.2. The van der Waals surface area contributed by atoms with E-state index in [1.807, 2.05) is 51.1 Å². The highest BCUT2D eigenvalue weighted by Crippen LogP contribution is 2.27. The van der Waals surface area contributed by atoms with Crippen LogP contribution in [0.25, 0.3) is 0 Å². The Hall–Kier alpha value is -3.56. The molecule has 214 valence electrons. The van der Waals surface area contributed by atoms with Crippen molar-refractivity contribution in [2.75, 3.05) is 24.5 Å². The molecular weight excluding hydrogens is 550 g/mol. The van der Waals surface area contributed by atoms with Gasteiger partial charge in [-0.3, -0.25) is 13.9 Å². The second-order valence-electron chi connectivity index (χ2n) is 10.4. The maximum absolute atomic E-state index is 13.9. The molecular formula is C30H36ClN3O5S. The number of nitrogens with zero attached hydrogens (tertiary/aromatic N) is 2. The molecule has 0 aliphatic rings. The summed E-state index contributed by atoms with van der Waals surface area (Å²) in [7, 11) is -2.71. The fraction of sp³-hybridized carbons (Fsp3) is 0.333. The van der Waals surface area contributed by atoms with Gasteiger partial charge in [-0.05, 0) is 82.1 Å². The van der Waals surface area contributed by atoms with Crippen molar-refractivity contribution in [1.29, 1.82) is 0 Å². The molecule has 0 heterocycles. The fourth-order valence-corrected chi connectivity index (χ4v) is 5.67. The van der Waals surface area contributed by atoms with Crippen molar-refractivity contribution in [2.45, 2.75) is 50.6 Å². The van der Waals surface area contributed by atoms with Gasteiger partial charge < -0.3 is 15.0 Å². The van der Waals surface area contributed by atoms with Crippen LogP contribution in [0, 0.1) is 0 Å². The maximum atomic E-state index is 13.9. The molecule has 0 spiro atoms. The Balaban J connectivity index is 1.99. The number of ether oxygens (including phenoxy) is 1. The van der Waals surface area contributed by atoms with Crippen LogP contribution in [0.1, 0.15) is 33.3 Å². The van der Waals surface area contributed by atoms with Crippen LogP contribution in [0.15, 0.2) is 83.8 Å². The quantitative estimate of drug-likeness (QED) is 0.345. The molecule has 3 rings (SSSR count). The molecule has 0 aliphatic heterocycles. The Morgan fingerprint density at radius 2 is 1.62 bits per heavy atom. The minimum Gasteiger partial charge on any atom is -0.497 e. The third kappa shape index (κ3) is 8.22. The normalized spacial score (nSPS) is 12.3. The van der Waals surface area contributed by atoms with E-state index in [0.717, 1.165) is 9.87 Å². The number of methoxy groups -OCH3 is 1. The third-order valence-corrected chi connectivity index (χ3v) is 8.20. The molecule has 3 aromatic rings. The first-order chi connectivity index (χ1) is 18.8. The van der Waals surface area contributed by atoms with Crippen molar-refractivity contribution in [1.82, 2.24) is 10.2 Å². The van der Waals surface area contributed by atoms with Crippen LogP contribution in [-0.2, 0) is 26.0 Å². The minimum absolute atomic E-state index is 0.0181. The summed E-state index contributed by atoms with van der Waals surface area (Å²) in [5, 5.41) is 3.24. The molecule has 0 bridgehead atoms. The molecule has 1 atom stereocenters. The minimum atomic E-state index is -4.20. The number of halogens is 1. The largest absolute Gasteiger partial charge is 0.497 e. The van der Waals surface area contributed by atoms with Gasteiger partial charge in [0.05, 0.1) is 17.7 Å². The number of amides is 2. The number of nitrogens with one attached hydrogen (secondary N) is 1. The molecule has 0 saturated carbocycles. The third-order valence-electron chi connectivity index (χ3n) is 6.17. The average molecular weight is 586 g/mol. The van der Waals surface area contributed by atoms with Gasteiger partial charge in [0.1, 0.15) is 18.3 Å². The first-order valence-electron chi connectivity index (χ1n) is 12.9. The second kappa shape index (κ2) is 13.2. The van der Waals surface area contributed by atoms with Crippen LogP contribution in [0.2, 0.25) is 5.02 Å². The summed E-state index contributed by atoms with van der Waals surface area (Å²) in [4.78, 5) is 28.4. The number of anilines is 1. The van der Waals surface area contributed by atoms with Crippen molar-refractivity contribution >= 4 is 39.1 Å². The summed E-state index contributed by atoms with van der Waals surface area (Å²) in [5.41, 5.74) is 0.706. The van der Waals surface area contributed by atoms with Crippen molar-refractivity contribution in [2.24, 2.45) is 0 Å². The van der Waals surface area contributed by atoms with Gasteiger partial charge in [-0.2, -0.15) is 0 Å². The number of rotatable bonds is 11. The van der Waals surface area contributed by atoms with E-state index < -0.39 is 34.1 Å². The standard InChI is InChI=1S/C30H36ClN3O5S/c1-22(29(36)32-30(2,3)4)33(19-18-23-10-7-6-8-11-23)28(35)21-34(25-13-9-12-24(31)20-25)40(37,38)27-16-14-26(39-5)15-17-27/h6-17,20,22H,18-19,21H2,1-5H3,(H,32,36). The highest BCUT2D eigenvalue weighted by molar-refractivity contribution is 7.92. The van der Waals surface area contributed by atoms with Crippen molar-refractivity contribution in [3.8, 4) is 5.75 Å². The molecule has 2 amide bonds. The number of hydrogen-bond acceptors (Lipinski definition) is 5. The van der Waals surface area contributed by atoms with Gasteiger partial charge in [-0.25, -0.2) is 8.42 Å². The van der Waals surface area contributed by atoms with Gasteiger partial charge >= 0.3 is 0 Å². The molecule has 0 saturated heterocycles. The highest BCUT2D eigenvalue weighted by atomic mass is 35.5. The van der Waals surface area contributed by atoms with E-state index in [1.165, 1.54) is 42.3 Å². The lowest BCUT2D eigenvalue weighted by atomic mass is 10.1. The first-order valence-corrected chi connectivity index (χ1v) is 14.7. The monoisotopic (exact) mass is 585 g/mol. The van der Waals surface area contributed by atoms with Gasteiger partial charge in [-0.1, -0.05) is 48.0 Å². The maximum Gasteiger partial charge on any atom is 0.264 e. The first kappa shape index (κ1) is 31.0. The number of hydrogen-bond donors (Lipinski definition) is 1. The zero-order chi connectivity index (χ0) is 29.5. The molecule has 8 nitrogen and oxygen atoms in total. The second-order valence-corrected chi connectivity index (χ2v) is 12.7. The van der Waals surface area contributed by atoms with Crippen LogP contribution >= 0.6 is 11.6 Å². The van der Waals surface area contributed by atoms with E-state index in [0.29, 0.717) is 17.2 Å². The van der Waals surface area contributed by atoms with Gasteiger partial charge in [-0.15, -0.1) is 0 Å². The number of benzene rings is 3. The zero-order valence-electron chi connectivity index (χ0n) is 23.4. The lowest BCUT2D eigenvalue weighted by Gasteiger charge is -2.33. The van der Waals surface area contributed by atoms with Crippen LogP contribution in [0.3, 0.4) is 0 Å². The molecule has 1 N–H and O–H groups in total. The Labute approximate surface area is 241 Å². The SMILES string of the molecule is COc1ccc(S(=O)(=O)N(CC(=O)N(CCc2ccccc2)C(C)C(=O)NC(C)(C)C)c2cccc(Cl)c2)cc1. The van der Waals surface area contributed by atoms with Crippen molar-refractivity contribution < 1.29 is 22.7 Å². The zero-order valence-corrected chi connectivity index (χ0v) is 25.0. The van der Waals surface area contributed by atoms with Gasteiger partial charge in [0.25, 0.3) is 10.0 Å². The molecule has 0 aliphatic carbocycles. The molecule has 0 fully saturated rings. The number of carbonyl (C=O) groups excluding carboxylic acids is 2. The summed E-state index contributed by atoms with van der Waals surface area (Å²) >= 11 is 6.21. The number of carbonyl (C=O) groups is 2. The van der Waals surface area contributed by atoms with Crippen LogP contribution in [-0.4, -0.2) is 56.9 Å². The smallest absolute Gasteiger partial charge is 0.264 e. The summed E-state index contributed by atoms with van der Waals surface area (Å²) in [6, 6.07) is 20.9. The lowest BCUT2D eigenvalue weighted by molar-refractivity contribution is -0.139. The van der Waals surface area contributed by atoms with Crippen molar-refractivity contribution in [3.05, 3.63) is 89.4 Å². The number of sulfonamides is 1. The summed E-state index contributed by atoms with van der Waals surface area (Å²) in [5.74, 6) is -0.360. The van der Waals surface area contributed by atoms with Gasteiger partial charge in [0.15, 0.2) is 0 Å². The average Bonchev–Trinajstić information content (AvgIpc) is 2.91. The molecule has 10 heteroatoms. The lowest BCUT2D eigenvalue weighted by Crippen LogP contribution is -2.55. The summed E-state index contributed by atoms with van der Waals surface area (Å²) < 4.78 is 33.9. The van der Waals surface area contributed by atoms with E-state index in [-0.39, 0.29) is 23.0 Å². The Bertz CT molecular complexity index is 1410. The molecule has 40 heavy (non-hydrogen) atoms. The molecule has 0 aromatic heterocycles. The van der Waals surface area contributed by atoms with E-state index in [2.05, 4.69) is 5.32 Å². The predicted octanol–water partition coefficient (Wildman–Crippen LogP) is 4.92. The fourth-order valence-electron chi connectivity index (χ4n) is 4.08. The van der Waals surface area contributed by atoms with E-state index in [1.54, 1.807) is 25.1 Å². The Morgan fingerprint density at radius 1 is 0.975 bits per heavy atom. The molecule has 1 unspecified atom stereocenters. The molecule has 0 radical (unpaired) electrons. The highest BCUT2D eigenvalue weighted by Gasteiger charge is 2.33. The van der Waals surface area contributed by atoms with Gasteiger partial charge in [0.2, 0.25) is 11.8 Å². The van der Waals surface area contributed by atoms with E-state index in [9.17, 15) is 18.0 Å². The van der Waals surface area contributed by atoms with Crippen LogP contribution in [0.4, 0.5) is 5.69 Å². The van der Waals surface area contributed by atoms with Crippen LogP contribution in [0.5, 0.6) is 5.75 Å². The summed E-state index contributed by atoms with van der Waals surface area (Å²) in [6.45, 7) is 6.90. The predicted molar refractivity (Wildman–Crippen MR) is 158 cm³/mol. The van der Waals surface area contributed by atoms with E-state index in [4.69, 9.17) is 16.3 Å². The van der Waals surface area contributed by atoms with Crippen molar-refractivity contribution in [3.63, 3.8) is 0 Å². The van der Waals surface area contributed by atoms with Gasteiger partial charge in [0, 0.05) is 17.1 Å². The molecule has 3 aromatic carbocycles. The topological polar surface area (TPSA) is 96.0 Å².